The standard InChI is InChI=1S/C36H44F6N6O4/c1-7-27-14-29(15-28(8-2)48(27)33(50)52-30-12-24(13-30)34(3,4)31(49)51-6)47(32-43-16-22(17-44-32)23-18-45-46(5)20-23)19-21-9-25(35(37,38)39)11-26(10-21)36(40,41)42/h9-11,16-18,20,24,27-30H,7-8,12-15,19H2,1-6H3/t24-,27-,28+,29+,30-. The first-order valence-corrected chi connectivity index (χ1v) is 17.3. The summed E-state index contributed by atoms with van der Waals surface area (Å²) in [5, 5.41) is 4.15. The molecule has 2 aromatic heterocycles. The number of rotatable bonds is 10. The number of carbonyl (C=O) groups is 2. The summed E-state index contributed by atoms with van der Waals surface area (Å²) in [6, 6.07) is 0.381. The van der Waals surface area contributed by atoms with Crippen molar-refractivity contribution in [2.45, 2.75) is 109 Å². The molecule has 3 atom stereocenters. The van der Waals surface area contributed by atoms with E-state index in [9.17, 15) is 35.9 Å². The Balaban J connectivity index is 1.43. The van der Waals surface area contributed by atoms with Crippen LogP contribution in [0.2, 0.25) is 0 Å². The molecule has 10 nitrogen and oxygen atoms in total. The van der Waals surface area contributed by atoms with Crippen molar-refractivity contribution in [2.75, 3.05) is 12.0 Å². The molecule has 2 aliphatic rings. The molecule has 0 unspecified atom stereocenters. The molecule has 1 aliphatic carbocycles. The maximum Gasteiger partial charge on any atom is 0.416 e. The zero-order chi connectivity index (χ0) is 38.2. The van der Waals surface area contributed by atoms with E-state index in [1.165, 1.54) is 19.5 Å². The minimum atomic E-state index is -5.01. The Labute approximate surface area is 298 Å². The molecule has 2 fully saturated rings. The number of alkyl halides is 6. The molecule has 3 aromatic rings. The molecule has 284 valence electrons. The highest BCUT2D eigenvalue weighted by Crippen LogP contribution is 2.45. The van der Waals surface area contributed by atoms with Gasteiger partial charge in [0.15, 0.2) is 0 Å². The molecule has 1 aliphatic heterocycles. The summed E-state index contributed by atoms with van der Waals surface area (Å²) < 4.78 is 95.5. The van der Waals surface area contributed by atoms with Crippen LogP contribution in [0.4, 0.5) is 37.1 Å². The molecule has 0 N–H and O–H groups in total. The first-order valence-electron chi connectivity index (χ1n) is 17.3. The Morgan fingerprint density at radius 3 is 1.88 bits per heavy atom. The van der Waals surface area contributed by atoms with Crippen LogP contribution >= 0.6 is 0 Å². The molecule has 0 spiro atoms. The topological polar surface area (TPSA) is 103 Å². The predicted molar refractivity (Wildman–Crippen MR) is 179 cm³/mol. The van der Waals surface area contributed by atoms with E-state index in [0.717, 1.165) is 17.7 Å². The summed E-state index contributed by atoms with van der Waals surface area (Å²) in [7, 11) is 3.08. The van der Waals surface area contributed by atoms with Crippen molar-refractivity contribution in [3.05, 3.63) is 59.7 Å². The van der Waals surface area contributed by atoms with E-state index >= 15 is 0 Å². The van der Waals surface area contributed by atoms with Gasteiger partial charge in [-0.2, -0.15) is 31.4 Å². The van der Waals surface area contributed by atoms with Crippen molar-refractivity contribution in [3.63, 3.8) is 0 Å². The third-order valence-corrected chi connectivity index (χ3v) is 10.5. The fourth-order valence-electron chi connectivity index (χ4n) is 7.27. The van der Waals surface area contributed by atoms with Crippen LogP contribution in [-0.4, -0.2) is 68.1 Å². The van der Waals surface area contributed by atoms with Crippen molar-refractivity contribution in [1.82, 2.24) is 24.6 Å². The number of aryl methyl sites for hydroxylation is 1. The van der Waals surface area contributed by atoms with E-state index < -0.39 is 41.0 Å². The van der Waals surface area contributed by atoms with Crippen LogP contribution in [0, 0.1) is 11.3 Å². The van der Waals surface area contributed by atoms with Gasteiger partial charge in [0.25, 0.3) is 0 Å². The first-order chi connectivity index (χ1) is 24.3. The number of methoxy groups -OCH3 is 1. The second-order valence-corrected chi connectivity index (χ2v) is 14.3. The lowest BCUT2D eigenvalue weighted by molar-refractivity contribution is -0.159. The zero-order valence-corrected chi connectivity index (χ0v) is 30.0. The Morgan fingerprint density at radius 1 is 0.865 bits per heavy atom. The van der Waals surface area contributed by atoms with Gasteiger partial charge in [0.1, 0.15) is 6.10 Å². The SMILES string of the molecule is CC[C@@H]1C[C@H](N(Cc2cc(C(F)(F)F)cc(C(F)(F)F)c2)c2ncc(-c3cnn(C)c3)cn2)C[C@H](CC)N1C(=O)O[C@H]1C[C@H](C(C)(C)C(=O)OC)C1. The molecule has 16 heteroatoms. The monoisotopic (exact) mass is 738 g/mol. The Kier molecular flexibility index (Phi) is 11.2. The first kappa shape index (κ1) is 38.9. The number of hydrogen-bond acceptors (Lipinski definition) is 8. The summed E-state index contributed by atoms with van der Waals surface area (Å²) in [5.74, 6) is -0.223. The number of benzene rings is 1. The zero-order valence-electron chi connectivity index (χ0n) is 30.0. The number of anilines is 1. The second-order valence-electron chi connectivity index (χ2n) is 14.3. The maximum atomic E-state index is 13.8. The summed E-state index contributed by atoms with van der Waals surface area (Å²) >= 11 is 0. The molecular weight excluding hydrogens is 694 g/mol. The van der Waals surface area contributed by atoms with Gasteiger partial charge in [-0.1, -0.05) is 13.8 Å². The van der Waals surface area contributed by atoms with Crippen LogP contribution in [-0.2, 0) is 40.2 Å². The normalized spacial score (nSPS) is 22.5. The minimum Gasteiger partial charge on any atom is -0.469 e. The number of likely N-dealkylation sites (tertiary alicyclic amines) is 1. The van der Waals surface area contributed by atoms with E-state index in [4.69, 9.17) is 9.47 Å². The van der Waals surface area contributed by atoms with Gasteiger partial charge in [0.2, 0.25) is 5.95 Å². The molecule has 1 amide bonds. The van der Waals surface area contributed by atoms with Gasteiger partial charge in [-0.25, -0.2) is 14.8 Å². The lowest BCUT2D eigenvalue weighted by atomic mass is 9.66. The highest BCUT2D eigenvalue weighted by atomic mass is 19.4. The van der Waals surface area contributed by atoms with Crippen LogP contribution in [0.5, 0.6) is 0 Å². The third-order valence-electron chi connectivity index (χ3n) is 10.5. The molecule has 0 bridgehead atoms. The van der Waals surface area contributed by atoms with Gasteiger partial charge in [-0.15, -0.1) is 0 Å². The lowest BCUT2D eigenvalue weighted by Crippen LogP contribution is -2.58. The Hall–Kier alpha value is -4.37. The second kappa shape index (κ2) is 14.9. The molecule has 1 saturated heterocycles. The lowest BCUT2D eigenvalue weighted by Gasteiger charge is -2.49. The smallest absolute Gasteiger partial charge is 0.416 e. The summed E-state index contributed by atoms with van der Waals surface area (Å²) in [6.07, 6.45) is -1.72. The molecule has 5 rings (SSSR count). The van der Waals surface area contributed by atoms with Gasteiger partial charge in [-0.3, -0.25) is 9.48 Å². The van der Waals surface area contributed by atoms with E-state index in [1.54, 1.807) is 47.8 Å². The van der Waals surface area contributed by atoms with Gasteiger partial charge >= 0.3 is 24.4 Å². The number of nitrogens with zero attached hydrogens (tertiary/aromatic N) is 6. The summed E-state index contributed by atoms with van der Waals surface area (Å²) in [5.41, 5.74) is -2.40. The van der Waals surface area contributed by atoms with Crippen LogP contribution in [0.15, 0.2) is 43.0 Å². The van der Waals surface area contributed by atoms with Crippen molar-refractivity contribution in [3.8, 4) is 11.1 Å². The number of halogens is 6. The predicted octanol–water partition coefficient (Wildman–Crippen LogP) is 8.06. The number of ether oxygens (including phenoxy) is 2. The van der Waals surface area contributed by atoms with Crippen molar-refractivity contribution >= 4 is 18.0 Å². The highest BCUT2D eigenvalue weighted by Gasteiger charge is 2.48. The fraction of sp³-hybridized carbons (Fsp3) is 0.583. The number of piperidine rings is 1. The highest BCUT2D eigenvalue weighted by molar-refractivity contribution is 5.76. The Bertz CT molecular complexity index is 1670. The quantitative estimate of drug-likeness (QED) is 0.152. The molecule has 52 heavy (non-hydrogen) atoms. The number of carbonyl (C=O) groups excluding carboxylic acids is 2. The average Bonchev–Trinajstić information content (AvgIpc) is 3.52. The Morgan fingerprint density at radius 2 is 1.42 bits per heavy atom. The number of hydrogen-bond donors (Lipinski definition) is 0. The van der Waals surface area contributed by atoms with Crippen molar-refractivity contribution in [1.29, 1.82) is 0 Å². The van der Waals surface area contributed by atoms with Crippen LogP contribution in [0.25, 0.3) is 11.1 Å². The van der Waals surface area contributed by atoms with Crippen LogP contribution in [0.1, 0.15) is 82.9 Å². The molecule has 0 radical (unpaired) electrons. The molecule has 1 saturated carbocycles. The molecule has 1 aromatic carbocycles. The molecular formula is C36H44F6N6O4. The average molecular weight is 739 g/mol. The van der Waals surface area contributed by atoms with E-state index in [1.807, 2.05) is 13.8 Å². The maximum absolute atomic E-state index is 13.8. The summed E-state index contributed by atoms with van der Waals surface area (Å²) in [4.78, 5) is 38.4. The number of aromatic nitrogens is 4. The van der Waals surface area contributed by atoms with Crippen LogP contribution in [0.3, 0.4) is 0 Å². The van der Waals surface area contributed by atoms with Crippen molar-refractivity contribution < 1.29 is 45.4 Å². The van der Waals surface area contributed by atoms with Crippen LogP contribution < -0.4 is 4.90 Å². The van der Waals surface area contributed by atoms with Gasteiger partial charge in [0.05, 0.1) is 29.8 Å². The number of esters is 1. The molecule has 3 heterocycles. The van der Waals surface area contributed by atoms with Gasteiger partial charge < -0.3 is 19.3 Å². The van der Waals surface area contributed by atoms with Crippen molar-refractivity contribution in [2.24, 2.45) is 18.4 Å². The van der Waals surface area contributed by atoms with E-state index in [0.29, 0.717) is 44.1 Å². The third kappa shape index (κ3) is 8.30. The van der Waals surface area contributed by atoms with E-state index in [2.05, 4.69) is 15.1 Å². The fourth-order valence-corrected chi connectivity index (χ4v) is 7.27. The minimum absolute atomic E-state index is 0.0146. The van der Waals surface area contributed by atoms with Gasteiger partial charge in [0, 0.05) is 61.4 Å². The van der Waals surface area contributed by atoms with E-state index in [-0.39, 0.29) is 54.2 Å². The van der Waals surface area contributed by atoms with Gasteiger partial charge in [-0.05, 0) is 82.1 Å². The largest absolute Gasteiger partial charge is 0.469 e. The number of amides is 1. The summed E-state index contributed by atoms with van der Waals surface area (Å²) in [6.45, 7) is 7.07.